The second kappa shape index (κ2) is 12.3. The molecule has 0 bridgehead atoms. The first-order valence-corrected chi connectivity index (χ1v) is 13.3. The van der Waals surface area contributed by atoms with Gasteiger partial charge >= 0.3 is 11.9 Å². The number of nitro groups is 1. The van der Waals surface area contributed by atoms with Crippen LogP contribution in [0.3, 0.4) is 0 Å². The van der Waals surface area contributed by atoms with Gasteiger partial charge < -0.3 is 38.9 Å². The van der Waals surface area contributed by atoms with Crippen LogP contribution >= 0.6 is 0 Å². The number of nitrogens with zero attached hydrogens (tertiary/aromatic N) is 5. The minimum absolute atomic E-state index is 0.290. The van der Waals surface area contributed by atoms with Crippen LogP contribution in [0.5, 0.6) is 5.75 Å². The molecule has 13 nitrogen and oxygen atoms in total. The molecule has 1 saturated heterocycles. The summed E-state index contributed by atoms with van der Waals surface area (Å²) >= 11 is 0. The van der Waals surface area contributed by atoms with Crippen molar-refractivity contribution in [2.75, 3.05) is 69.6 Å². The summed E-state index contributed by atoms with van der Waals surface area (Å²) in [5.41, 5.74) is 3.53. The molecule has 2 aromatic carbocycles. The number of piperazine rings is 1. The number of rotatable bonds is 10. The molecule has 13 heteroatoms. The molecule has 0 unspecified atom stereocenters. The van der Waals surface area contributed by atoms with Crippen LogP contribution in [0.15, 0.2) is 52.9 Å². The van der Waals surface area contributed by atoms with Crippen LogP contribution in [0.4, 0.5) is 27.7 Å². The summed E-state index contributed by atoms with van der Waals surface area (Å²) in [6.45, 7) is 4.42. The predicted molar refractivity (Wildman–Crippen MR) is 156 cm³/mol. The number of likely N-dealkylation sites (N-methyl/N-ethyl adjacent to an activating group) is 1. The minimum atomic E-state index is -0.573. The van der Waals surface area contributed by atoms with Crippen LogP contribution in [-0.2, 0) is 11.3 Å². The average molecular weight is 564 g/mol. The normalized spacial score (nSPS) is 13.9. The molecule has 0 saturated carbocycles. The van der Waals surface area contributed by atoms with E-state index in [2.05, 4.69) is 27.5 Å². The highest BCUT2D eigenvalue weighted by Crippen LogP contribution is 2.36. The Kier molecular flexibility index (Phi) is 8.36. The maximum atomic E-state index is 13.1. The van der Waals surface area contributed by atoms with Crippen molar-refractivity contribution in [1.82, 2.24) is 14.5 Å². The minimum Gasteiger partial charge on any atom is -0.497 e. The average Bonchev–Trinajstić information content (AvgIpc) is 3.59. The number of hydrogen-bond acceptors (Lipinski definition) is 9. The zero-order chi connectivity index (χ0) is 28.9. The van der Waals surface area contributed by atoms with E-state index in [1.165, 1.54) is 6.07 Å². The fourth-order valence-corrected chi connectivity index (χ4v) is 4.86. The number of furan rings is 1. The highest BCUT2D eigenvalue weighted by molar-refractivity contribution is 6.04. The Bertz CT molecular complexity index is 1520. The number of aromatic nitrogens is 2. The number of benzene rings is 2. The van der Waals surface area contributed by atoms with Gasteiger partial charge in [-0.2, -0.15) is 0 Å². The Balaban J connectivity index is 1.54. The highest BCUT2D eigenvalue weighted by atomic mass is 16.6. The number of methoxy groups -OCH3 is 2. The van der Waals surface area contributed by atoms with Crippen molar-refractivity contribution in [2.45, 2.75) is 13.0 Å². The molecular weight excluding hydrogens is 530 g/mol. The van der Waals surface area contributed by atoms with Crippen LogP contribution in [0.25, 0.3) is 22.6 Å². The van der Waals surface area contributed by atoms with Gasteiger partial charge in [0.15, 0.2) is 11.6 Å². The zero-order valence-electron chi connectivity index (χ0n) is 23.3. The monoisotopic (exact) mass is 563 g/mol. The number of aryl methyl sites for hydroxylation is 1. The Hall–Kier alpha value is -4.62. The van der Waals surface area contributed by atoms with Crippen molar-refractivity contribution in [3.05, 3.63) is 58.6 Å². The van der Waals surface area contributed by atoms with Crippen LogP contribution in [0.2, 0.25) is 0 Å². The summed E-state index contributed by atoms with van der Waals surface area (Å²) in [6, 6.07) is 13.4. The second-order valence-electron chi connectivity index (χ2n) is 9.78. The number of nitrogens with one attached hydrogen (secondary N) is 2. The fourth-order valence-electron chi connectivity index (χ4n) is 4.86. The Labute approximate surface area is 236 Å². The van der Waals surface area contributed by atoms with Crippen LogP contribution < -0.4 is 20.3 Å². The van der Waals surface area contributed by atoms with E-state index in [1.54, 1.807) is 44.6 Å². The summed E-state index contributed by atoms with van der Waals surface area (Å²) in [7, 11) is 5.31. The Morgan fingerprint density at radius 1 is 1.07 bits per heavy atom. The summed E-state index contributed by atoms with van der Waals surface area (Å²) in [6.07, 6.45) is 0.700. The van der Waals surface area contributed by atoms with Gasteiger partial charge in [-0.3, -0.25) is 10.1 Å². The van der Waals surface area contributed by atoms with Gasteiger partial charge in [0, 0.05) is 52.1 Å². The maximum absolute atomic E-state index is 13.1. The molecule has 0 aliphatic carbocycles. The topological polar surface area (TPSA) is 140 Å². The van der Waals surface area contributed by atoms with Crippen molar-refractivity contribution in [2.24, 2.45) is 0 Å². The van der Waals surface area contributed by atoms with Gasteiger partial charge in [-0.05, 0) is 55.9 Å². The summed E-state index contributed by atoms with van der Waals surface area (Å²) in [4.78, 5) is 33.1. The van der Waals surface area contributed by atoms with Crippen molar-refractivity contribution in [3.8, 4) is 17.3 Å². The molecule has 2 aromatic heterocycles. The maximum Gasteiger partial charge on any atom is 0.433 e. The third kappa shape index (κ3) is 6.26. The van der Waals surface area contributed by atoms with Gasteiger partial charge in [-0.25, -0.2) is 9.78 Å². The molecule has 1 aliphatic heterocycles. The molecule has 3 heterocycles. The van der Waals surface area contributed by atoms with Crippen molar-refractivity contribution in [1.29, 1.82) is 0 Å². The molecule has 0 radical (unpaired) electrons. The Morgan fingerprint density at radius 2 is 1.83 bits per heavy atom. The third-order valence-electron chi connectivity index (χ3n) is 7.03. The van der Waals surface area contributed by atoms with Gasteiger partial charge in [0.05, 0.1) is 35.6 Å². The van der Waals surface area contributed by atoms with Crippen molar-refractivity contribution < 1.29 is 23.6 Å². The van der Waals surface area contributed by atoms with E-state index in [0.29, 0.717) is 53.8 Å². The number of carbonyl (C=O) groups excluding carboxylic acids is 1. The molecule has 0 atom stereocenters. The summed E-state index contributed by atoms with van der Waals surface area (Å²) < 4.78 is 18.0. The SMILES string of the molecule is COCCCn1c(-c2ccc([N+](=O)[O-])o2)nc2cc(NC(=O)Nc3ccc(OC)cc3)c(N3CCN(C)CC3)cc21. The van der Waals surface area contributed by atoms with E-state index in [-0.39, 0.29) is 5.88 Å². The standard InChI is InChI=1S/C28H33N7O6/c1-32-12-14-33(15-13-32)23-18-24-22(17-21(23)31-28(36)29-19-5-7-20(40-3)8-6-19)30-27(34(24)11-4-16-39-2)25-9-10-26(41-25)35(37)38/h5-10,17-18H,4,11-16H2,1-3H3,(H2,29,31,36). The molecule has 216 valence electrons. The van der Waals surface area contributed by atoms with E-state index < -0.39 is 11.0 Å². The predicted octanol–water partition coefficient (Wildman–Crippen LogP) is 4.65. The highest BCUT2D eigenvalue weighted by Gasteiger charge is 2.24. The first-order chi connectivity index (χ1) is 19.9. The summed E-state index contributed by atoms with van der Waals surface area (Å²) in [5.74, 6) is 1.09. The molecule has 1 fully saturated rings. The number of hydrogen-bond donors (Lipinski definition) is 2. The zero-order valence-corrected chi connectivity index (χ0v) is 23.3. The lowest BCUT2D eigenvalue weighted by atomic mass is 10.2. The molecule has 2 amide bonds. The molecule has 4 aromatic rings. The fraction of sp³-hybridized carbons (Fsp3) is 0.357. The Morgan fingerprint density at radius 3 is 2.49 bits per heavy atom. The second-order valence-corrected chi connectivity index (χ2v) is 9.78. The number of fused-ring (bicyclic) bond motifs is 1. The molecule has 2 N–H and O–H groups in total. The lowest BCUT2D eigenvalue weighted by Crippen LogP contribution is -2.44. The number of anilines is 3. The molecule has 1 aliphatic rings. The quantitative estimate of drug-likeness (QED) is 0.160. The van der Waals surface area contributed by atoms with Gasteiger partial charge in [0.2, 0.25) is 0 Å². The largest absolute Gasteiger partial charge is 0.497 e. The van der Waals surface area contributed by atoms with Crippen LogP contribution in [0, 0.1) is 10.1 Å². The van der Waals surface area contributed by atoms with Crippen LogP contribution in [-0.4, -0.2) is 79.5 Å². The number of urea groups is 1. The number of ether oxygens (including phenoxy) is 2. The van der Waals surface area contributed by atoms with E-state index in [4.69, 9.17) is 18.9 Å². The van der Waals surface area contributed by atoms with E-state index in [1.807, 2.05) is 16.7 Å². The molecular formula is C28H33N7O6. The molecule has 5 rings (SSSR count). The number of carbonyl (C=O) groups is 1. The van der Waals surface area contributed by atoms with E-state index in [9.17, 15) is 14.9 Å². The number of amides is 2. The lowest BCUT2D eigenvalue weighted by Gasteiger charge is -2.35. The van der Waals surface area contributed by atoms with Gasteiger partial charge in [0.1, 0.15) is 10.7 Å². The van der Waals surface area contributed by atoms with Crippen molar-refractivity contribution >= 4 is 40.0 Å². The first kappa shape index (κ1) is 27.9. The summed E-state index contributed by atoms with van der Waals surface area (Å²) in [5, 5.41) is 17.1. The van der Waals surface area contributed by atoms with Crippen molar-refractivity contribution in [3.63, 3.8) is 0 Å². The van der Waals surface area contributed by atoms with E-state index in [0.717, 1.165) is 37.4 Å². The number of imidazole rings is 1. The van der Waals surface area contributed by atoms with E-state index >= 15 is 0 Å². The van der Waals surface area contributed by atoms with Gasteiger partial charge in [-0.15, -0.1) is 0 Å². The smallest absolute Gasteiger partial charge is 0.433 e. The first-order valence-electron chi connectivity index (χ1n) is 13.3. The molecule has 0 spiro atoms. The third-order valence-corrected chi connectivity index (χ3v) is 7.03. The van der Waals surface area contributed by atoms with Gasteiger partial charge in [-0.1, -0.05) is 0 Å². The lowest BCUT2D eigenvalue weighted by molar-refractivity contribution is -0.401. The van der Waals surface area contributed by atoms with Crippen LogP contribution in [0.1, 0.15) is 6.42 Å². The van der Waals surface area contributed by atoms with Gasteiger partial charge in [0.25, 0.3) is 0 Å². The molecule has 41 heavy (non-hydrogen) atoms.